The van der Waals surface area contributed by atoms with Crippen LogP contribution < -0.4 is 0 Å². The van der Waals surface area contributed by atoms with Crippen LogP contribution in [0.2, 0.25) is 0 Å². The number of hydrogen-bond acceptors (Lipinski definition) is 6. The van der Waals surface area contributed by atoms with E-state index in [9.17, 15) is 4.79 Å². The SMILES string of the molecule is CCc1nnsc1C(=O)c1cc(C)ns1. The normalized spacial score (nSPS) is 10.5. The summed E-state index contributed by atoms with van der Waals surface area (Å²) in [5.74, 6) is -0.00699. The van der Waals surface area contributed by atoms with Gasteiger partial charge in [0.1, 0.15) is 4.88 Å². The summed E-state index contributed by atoms with van der Waals surface area (Å²) in [4.78, 5) is 13.3. The molecule has 0 aliphatic carbocycles. The standard InChI is InChI=1S/C9H9N3OS2/c1-3-6-9(15-12-10-6)8(13)7-4-5(2)11-14-7/h4H,3H2,1-2H3. The van der Waals surface area contributed by atoms with Gasteiger partial charge in [-0.25, -0.2) is 0 Å². The molecule has 0 saturated heterocycles. The molecule has 15 heavy (non-hydrogen) atoms. The van der Waals surface area contributed by atoms with Crippen molar-refractivity contribution in [3.05, 3.63) is 27.2 Å². The number of nitrogens with zero attached hydrogens (tertiary/aromatic N) is 3. The Labute approximate surface area is 95.3 Å². The molecule has 0 N–H and O–H groups in total. The van der Waals surface area contributed by atoms with Crippen LogP contribution in [0.5, 0.6) is 0 Å². The largest absolute Gasteiger partial charge is 0.287 e. The number of aromatic nitrogens is 3. The van der Waals surface area contributed by atoms with E-state index >= 15 is 0 Å². The molecule has 0 unspecified atom stereocenters. The van der Waals surface area contributed by atoms with Gasteiger partial charge in [0.2, 0.25) is 5.78 Å². The minimum absolute atomic E-state index is 0.00699. The first-order valence-corrected chi connectivity index (χ1v) is 6.06. The van der Waals surface area contributed by atoms with Crippen molar-refractivity contribution in [3.8, 4) is 0 Å². The Morgan fingerprint density at radius 3 is 2.87 bits per heavy atom. The van der Waals surface area contributed by atoms with Crippen molar-refractivity contribution in [2.45, 2.75) is 20.3 Å². The van der Waals surface area contributed by atoms with Gasteiger partial charge in [-0.05, 0) is 42.5 Å². The summed E-state index contributed by atoms with van der Waals surface area (Å²) in [7, 11) is 0. The third-order valence-electron chi connectivity index (χ3n) is 1.95. The lowest BCUT2D eigenvalue weighted by Crippen LogP contribution is -1.99. The van der Waals surface area contributed by atoms with Crippen LogP contribution in [-0.4, -0.2) is 19.7 Å². The van der Waals surface area contributed by atoms with E-state index in [-0.39, 0.29) is 5.78 Å². The summed E-state index contributed by atoms with van der Waals surface area (Å²) in [5, 5.41) is 3.92. The van der Waals surface area contributed by atoms with Gasteiger partial charge in [-0.2, -0.15) is 4.37 Å². The van der Waals surface area contributed by atoms with Crippen LogP contribution in [0.25, 0.3) is 0 Å². The fourth-order valence-electron chi connectivity index (χ4n) is 1.19. The number of carbonyl (C=O) groups excluding carboxylic acids is 1. The highest BCUT2D eigenvalue weighted by Gasteiger charge is 2.18. The molecule has 0 spiro atoms. The fourth-order valence-corrected chi connectivity index (χ4v) is 2.67. The molecule has 0 radical (unpaired) electrons. The minimum Gasteiger partial charge on any atom is -0.287 e. The lowest BCUT2D eigenvalue weighted by molar-refractivity contribution is 0.104. The van der Waals surface area contributed by atoms with Gasteiger partial charge in [-0.3, -0.25) is 4.79 Å². The third kappa shape index (κ3) is 1.95. The zero-order chi connectivity index (χ0) is 10.8. The van der Waals surface area contributed by atoms with Crippen LogP contribution in [-0.2, 0) is 6.42 Å². The Morgan fingerprint density at radius 2 is 2.27 bits per heavy atom. The molecular weight excluding hydrogens is 230 g/mol. The Hall–Kier alpha value is -1.14. The van der Waals surface area contributed by atoms with E-state index in [1.54, 1.807) is 6.07 Å². The molecule has 78 valence electrons. The molecule has 0 amide bonds. The summed E-state index contributed by atoms with van der Waals surface area (Å²) in [6.07, 6.45) is 0.732. The number of ketones is 1. The van der Waals surface area contributed by atoms with Crippen molar-refractivity contribution in [2.24, 2.45) is 0 Å². The Balaban J connectivity index is 2.36. The van der Waals surface area contributed by atoms with Gasteiger partial charge in [0, 0.05) is 0 Å². The molecule has 0 bridgehead atoms. The number of rotatable bonds is 3. The second-order valence-corrected chi connectivity index (χ2v) is 4.62. The fraction of sp³-hybridized carbons (Fsp3) is 0.333. The smallest absolute Gasteiger partial charge is 0.218 e. The topological polar surface area (TPSA) is 55.7 Å². The minimum atomic E-state index is -0.00699. The molecule has 2 aromatic rings. The average molecular weight is 239 g/mol. The van der Waals surface area contributed by atoms with Gasteiger partial charge in [0.15, 0.2) is 0 Å². The quantitative estimate of drug-likeness (QED) is 0.770. The first kappa shape index (κ1) is 10.4. The zero-order valence-corrected chi connectivity index (χ0v) is 9.98. The Bertz CT molecular complexity index is 489. The summed E-state index contributed by atoms with van der Waals surface area (Å²) >= 11 is 2.38. The molecule has 0 aliphatic heterocycles. The van der Waals surface area contributed by atoms with E-state index < -0.39 is 0 Å². The highest BCUT2D eigenvalue weighted by Crippen LogP contribution is 2.19. The second kappa shape index (κ2) is 4.16. The van der Waals surface area contributed by atoms with E-state index in [1.807, 2.05) is 13.8 Å². The van der Waals surface area contributed by atoms with E-state index in [2.05, 4.69) is 14.0 Å². The zero-order valence-electron chi connectivity index (χ0n) is 8.35. The van der Waals surface area contributed by atoms with Crippen molar-refractivity contribution in [2.75, 3.05) is 0 Å². The molecule has 0 fully saturated rings. The molecule has 2 aromatic heterocycles. The van der Waals surface area contributed by atoms with Crippen molar-refractivity contribution < 1.29 is 4.79 Å². The molecule has 2 heterocycles. The van der Waals surface area contributed by atoms with E-state index in [0.29, 0.717) is 9.75 Å². The molecule has 0 saturated carbocycles. The van der Waals surface area contributed by atoms with E-state index in [0.717, 1.165) is 29.3 Å². The van der Waals surface area contributed by atoms with E-state index in [4.69, 9.17) is 0 Å². The third-order valence-corrected chi connectivity index (χ3v) is 3.59. The van der Waals surface area contributed by atoms with Gasteiger partial charge < -0.3 is 0 Å². The Morgan fingerprint density at radius 1 is 1.47 bits per heavy atom. The maximum Gasteiger partial charge on any atom is 0.218 e. The predicted octanol–water partition coefficient (Wildman–Crippen LogP) is 2.10. The molecular formula is C9H9N3OS2. The van der Waals surface area contributed by atoms with Crippen molar-refractivity contribution >= 4 is 28.8 Å². The predicted molar refractivity (Wildman–Crippen MR) is 59.6 cm³/mol. The average Bonchev–Trinajstić information content (AvgIpc) is 2.84. The molecule has 6 heteroatoms. The second-order valence-electron chi connectivity index (χ2n) is 3.06. The highest BCUT2D eigenvalue weighted by molar-refractivity contribution is 7.12. The van der Waals surface area contributed by atoms with Gasteiger partial charge in [-0.15, -0.1) is 5.10 Å². The van der Waals surface area contributed by atoms with Crippen LogP contribution in [0.15, 0.2) is 6.07 Å². The maximum atomic E-state index is 12.0. The van der Waals surface area contributed by atoms with E-state index in [1.165, 1.54) is 11.5 Å². The van der Waals surface area contributed by atoms with Crippen LogP contribution >= 0.6 is 23.1 Å². The summed E-state index contributed by atoms with van der Waals surface area (Å²) in [5.41, 5.74) is 1.65. The van der Waals surface area contributed by atoms with Gasteiger partial charge >= 0.3 is 0 Å². The first-order valence-electron chi connectivity index (χ1n) is 4.51. The molecule has 4 nitrogen and oxygen atoms in total. The van der Waals surface area contributed by atoms with Gasteiger partial charge in [0.05, 0.1) is 16.3 Å². The highest BCUT2D eigenvalue weighted by atomic mass is 32.1. The summed E-state index contributed by atoms with van der Waals surface area (Å²) in [6.45, 7) is 3.84. The Kier molecular flexibility index (Phi) is 2.88. The van der Waals surface area contributed by atoms with Crippen molar-refractivity contribution in [1.82, 2.24) is 14.0 Å². The lowest BCUT2D eigenvalue weighted by atomic mass is 10.2. The maximum absolute atomic E-state index is 12.0. The van der Waals surface area contributed by atoms with Gasteiger partial charge in [0.25, 0.3) is 0 Å². The van der Waals surface area contributed by atoms with Crippen LogP contribution in [0.4, 0.5) is 0 Å². The summed E-state index contributed by atoms with van der Waals surface area (Å²) in [6, 6.07) is 1.80. The van der Waals surface area contributed by atoms with Gasteiger partial charge in [-0.1, -0.05) is 11.4 Å². The molecule has 0 aromatic carbocycles. The monoisotopic (exact) mass is 239 g/mol. The van der Waals surface area contributed by atoms with Crippen LogP contribution in [0, 0.1) is 6.92 Å². The van der Waals surface area contributed by atoms with Crippen molar-refractivity contribution in [1.29, 1.82) is 0 Å². The van der Waals surface area contributed by atoms with Crippen molar-refractivity contribution in [3.63, 3.8) is 0 Å². The first-order chi connectivity index (χ1) is 7.22. The molecule has 0 atom stereocenters. The lowest BCUT2D eigenvalue weighted by Gasteiger charge is -1.93. The number of carbonyl (C=O) groups is 1. The van der Waals surface area contributed by atoms with Crippen LogP contribution in [0.1, 0.15) is 32.9 Å². The number of hydrogen-bond donors (Lipinski definition) is 0. The van der Waals surface area contributed by atoms with Crippen LogP contribution in [0.3, 0.4) is 0 Å². The molecule has 2 rings (SSSR count). The summed E-state index contributed by atoms with van der Waals surface area (Å²) < 4.78 is 7.89. The number of aryl methyl sites for hydroxylation is 2. The molecule has 0 aliphatic rings.